The lowest BCUT2D eigenvalue weighted by atomic mass is 10.1. The first-order valence-electron chi connectivity index (χ1n) is 7.15. The molecule has 5 nitrogen and oxygen atoms in total. The van der Waals surface area contributed by atoms with Crippen molar-refractivity contribution in [2.45, 2.75) is 19.3 Å². The van der Waals surface area contributed by atoms with Gasteiger partial charge in [-0.1, -0.05) is 0 Å². The second kappa shape index (κ2) is 11.6. The smallest absolute Gasteiger partial charge is 0.224 e. The summed E-state index contributed by atoms with van der Waals surface area (Å²) in [6.45, 7) is 7.62. The van der Waals surface area contributed by atoms with Gasteiger partial charge in [-0.15, -0.1) is 24.8 Å². The predicted molar refractivity (Wildman–Crippen MR) is 85.0 cm³/mol. The zero-order valence-corrected chi connectivity index (χ0v) is 13.6. The van der Waals surface area contributed by atoms with Crippen molar-refractivity contribution in [3.8, 4) is 0 Å². The minimum atomic E-state index is 0. The minimum absolute atomic E-state index is 0. The van der Waals surface area contributed by atoms with E-state index in [0.29, 0.717) is 0 Å². The first-order chi connectivity index (χ1) is 8.86. The van der Waals surface area contributed by atoms with Crippen LogP contribution in [0.15, 0.2) is 0 Å². The van der Waals surface area contributed by atoms with E-state index in [1.807, 2.05) is 0 Å². The van der Waals surface area contributed by atoms with Crippen LogP contribution in [0.3, 0.4) is 0 Å². The summed E-state index contributed by atoms with van der Waals surface area (Å²) in [5, 5.41) is 6.26. The Morgan fingerprint density at radius 3 is 2.65 bits per heavy atom. The van der Waals surface area contributed by atoms with Gasteiger partial charge >= 0.3 is 0 Å². The molecule has 1 atom stereocenters. The number of unbranched alkanes of at least 4 members (excludes halogenated alkanes) is 1. The van der Waals surface area contributed by atoms with Gasteiger partial charge in [-0.2, -0.15) is 0 Å². The summed E-state index contributed by atoms with van der Waals surface area (Å²) >= 11 is 0. The second-order valence-corrected chi connectivity index (χ2v) is 5.14. The molecule has 2 fully saturated rings. The molecule has 2 aliphatic heterocycles. The van der Waals surface area contributed by atoms with E-state index in [-0.39, 0.29) is 36.6 Å². The molecule has 0 aliphatic carbocycles. The number of nitrogens with zero attached hydrogens (tertiary/aromatic N) is 1. The molecule has 0 bridgehead atoms. The van der Waals surface area contributed by atoms with E-state index in [1.54, 1.807) is 0 Å². The summed E-state index contributed by atoms with van der Waals surface area (Å²) in [5.74, 6) is 0.426. The highest BCUT2D eigenvalue weighted by atomic mass is 35.5. The fourth-order valence-corrected chi connectivity index (χ4v) is 2.52. The van der Waals surface area contributed by atoms with Crippen molar-refractivity contribution in [2.24, 2.45) is 5.92 Å². The van der Waals surface area contributed by atoms with Crippen LogP contribution >= 0.6 is 24.8 Å². The standard InChI is InChI=1S/C13H25N3O2.2ClH/c17-13(12-3-5-14-11-12)15-4-1-2-6-16-7-9-18-10-8-16;;/h12,14H,1-11H2,(H,15,17);2*1H. The molecule has 2 aliphatic rings. The van der Waals surface area contributed by atoms with Gasteiger partial charge in [0.1, 0.15) is 0 Å². The SMILES string of the molecule is Cl.Cl.O=C(NCCCCN1CCOCC1)C1CCNC1. The molecule has 20 heavy (non-hydrogen) atoms. The van der Waals surface area contributed by atoms with E-state index >= 15 is 0 Å². The summed E-state index contributed by atoms with van der Waals surface area (Å²) in [6.07, 6.45) is 3.21. The fraction of sp³-hybridized carbons (Fsp3) is 0.923. The van der Waals surface area contributed by atoms with Crippen LogP contribution in [0, 0.1) is 5.92 Å². The molecular formula is C13H27Cl2N3O2. The minimum Gasteiger partial charge on any atom is -0.379 e. The lowest BCUT2D eigenvalue weighted by Gasteiger charge is -2.26. The third-order valence-electron chi connectivity index (χ3n) is 3.74. The number of hydrogen-bond acceptors (Lipinski definition) is 4. The number of nitrogens with one attached hydrogen (secondary N) is 2. The molecule has 120 valence electrons. The summed E-state index contributed by atoms with van der Waals surface area (Å²) in [4.78, 5) is 14.2. The second-order valence-electron chi connectivity index (χ2n) is 5.14. The van der Waals surface area contributed by atoms with Crippen LogP contribution in [0.2, 0.25) is 0 Å². The van der Waals surface area contributed by atoms with Crippen LogP contribution in [-0.2, 0) is 9.53 Å². The van der Waals surface area contributed by atoms with Crippen molar-refractivity contribution < 1.29 is 9.53 Å². The Bertz CT molecular complexity index is 258. The van der Waals surface area contributed by atoms with Crippen LogP contribution in [0.25, 0.3) is 0 Å². The van der Waals surface area contributed by atoms with Gasteiger partial charge in [-0.3, -0.25) is 9.69 Å². The van der Waals surface area contributed by atoms with Gasteiger partial charge in [0.15, 0.2) is 0 Å². The Kier molecular flexibility index (Phi) is 11.5. The predicted octanol–water partition coefficient (Wildman–Crippen LogP) is 0.668. The maximum atomic E-state index is 11.7. The molecule has 1 unspecified atom stereocenters. The van der Waals surface area contributed by atoms with E-state index in [2.05, 4.69) is 15.5 Å². The molecule has 0 aromatic carbocycles. The number of carbonyl (C=O) groups is 1. The molecular weight excluding hydrogens is 301 g/mol. The summed E-state index contributed by atoms with van der Waals surface area (Å²) in [7, 11) is 0. The third kappa shape index (κ3) is 7.09. The van der Waals surface area contributed by atoms with E-state index < -0.39 is 0 Å². The maximum Gasteiger partial charge on any atom is 0.224 e. The average Bonchev–Trinajstić information content (AvgIpc) is 2.93. The zero-order chi connectivity index (χ0) is 12.6. The van der Waals surface area contributed by atoms with Crippen LogP contribution in [0.5, 0.6) is 0 Å². The highest BCUT2D eigenvalue weighted by Gasteiger charge is 2.21. The Morgan fingerprint density at radius 2 is 2.00 bits per heavy atom. The van der Waals surface area contributed by atoms with Gasteiger partial charge in [-0.05, 0) is 32.4 Å². The molecule has 0 aromatic rings. The molecule has 2 N–H and O–H groups in total. The molecule has 0 saturated carbocycles. The normalized spacial score (nSPS) is 22.7. The van der Waals surface area contributed by atoms with Crippen molar-refractivity contribution >= 4 is 30.7 Å². The lowest BCUT2D eigenvalue weighted by molar-refractivity contribution is -0.124. The average molecular weight is 328 g/mol. The van der Waals surface area contributed by atoms with Gasteiger partial charge in [-0.25, -0.2) is 0 Å². The monoisotopic (exact) mass is 327 g/mol. The summed E-state index contributed by atoms with van der Waals surface area (Å²) in [5.41, 5.74) is 0. The Hall–Kier alpha value is -0.0700. The van der Waals surface area contributed by atoms with E-state index in [9.17, 15) is 4.79 Å². The number of rotatable bonds is 6. The molecule has 2 heterocycles. The van der Waals surface area contributed by atoms with Gasteiger partial charge in [0.2, 0.25) is 5.91 Å². The highest BCUT2D eigenvalue weighted by molar-refractivity contribution is 5.85. The quantitative estimate of drug-likeness (QED) is 0.704. The van der Waals surface area contributed by atoms with Crippen molar-refractivity contribution in [3.63, 3.8) is 0 Å². The van der Waals surface area contributed by atoms with E-state index in [4.69, 9.17) is 4.74 Å². The van der Waals surface area contributed by atoms with Gasteiger partial charge in [0.05, 0.1) is 19.1 Å². The molecule has 0 aromatic heterocycles. The Labute approximate surface area is 134 Å². The van der Waals surface area contributed by atoms with Crippen LogP contribution < -0.4 is 10.6 Å². The van der Waals surface area contributed by atoms with E-state index in [1.165, 1.54) is 0 Å². The number of morpholine rings is 1. The Morgan fingerprint density at radius 1 is 1.25 bits per heavy atom. The largest absolute Gasteiger partial charge is 0.379 e. The van der Waals surface area contributed by atoms with Crippen molar-refractivity contribution in [2.75, 3.05) is 52.5 Å². The number of hydrogen-bond donors (Lipinski definition) is 2. The number of carbonyl (C=O) groups excluding carboxylic acids is 1. The van der Waals surface area contributed by atoms with Crippen molar-refractivity contribution in [3.05, 3.63) is 0 Å². The number of ether oxygens (including phenoxy) is 1. The van der Waals surface area contributed by atoms with Gasteiger partial charge < -0.3 is 15.4 Å². The highest BCUT2D eigenvalue weighted by Crippen LogP contribution is 2.07. The molecule has 1 amide bonds. The van der Waals surface area contributed by atoms with Gasteiger partial charge in [0.25, 0.3) is 0 Å². The first kappa shape index (κ1) is 19.9. The summed E-state index contributed by atoms with van der Waals surface area (Å²) in [6, 6.07) is 0. The van der Waals surface area contributed by atoms with Crippen LogP contribution in [0.1, 0.15) is 19.3 Å². The van der Waals surface area contributed by atoms with Crippen molar-refractivity contribution in [1.29, 1.82) is 0 Å². The molecule has 7 heteroatoms. The molecule has 2 saturated heterocycles. The fourth-order valence-electron chi connectivity index (χ4n) is 2.52. The zero-order valence-electron chi connectivity index (χ0n) is 11.9. The summed E-state index contributed by atoms with van der Waals surface area (Å²) < 4.78 is 5.31. The van der Waals surface area contributed by atoms with E-state index in [0.717, 1.165) is 71.7 Å². The lowest BCUT2D eigenvalue weighted by Crippen LogP contribution is -2.37. The molecule has 0 spiro atoms. The number of halogens is 2. The van der Waals surface area contributed by atoms with Crippen molar-refractivity contribution in [1.82, 2.24) is 15.5 Å². The topological polar surface area (TPSA) is 53.6 Å². The number of amides is 1. The van der Waals surface area contributed by atoms with Crippen LogP contribution in [-0.4, -0.2) is 63.3 Å². The maximum absolute atomic E-state index is 11.7. The van der Waals surface area contributed by atoms with Gasteiger partial charge in [0, 0.05) is 26.2 Å². The van der Waals surface area contributed by atoms with Crippen LogP contribution in [0.4, 0.5) is 0 Å². The Balaban J connectivity index is 0.00000180. The third-order valence-corrected chi connectivity index (χ3v) is 3.74. The molecule has 0 radical (unpaired) electrons. The molecule has 2 rings (SSSR count). The first-order valence-corrected chi connectivity index (χ1v) is 7.15.